The van der Waals surface area contributed by atoms with Crippen LogP contribution in [0.25, 0.3) is 0 Å². The molecule has 2 rings (SSSR count). The molecule has 0 aromatic heterocycles. The lowest BCUT2D eigenvalue weighted by molar-refractivity contribution is -0.122. The molecule has 0 saturated heterocycles. The van der Waals surface area contributed by atoms with E-state index in [9.17, 15) is 17.6 Å². The van der Waals surface area contributed by atoms with Crippen molar-refractivity contribution in [3.05, 3.63) is 30.1 Å². The second kappa shape index (κ2) is 8.76. The van der Waals surface area contributed by atoms with Crippen molar-refractivity contribution in [2.24, 2.45) is 11.7 Å². The maximum atomic E-state index is 13.0. The second-order valence-corrected chi connectivity index (χ2v) is 9.19. The predicted octanol–water partition coefficient (Wildman–Crippen LogP) is 2.40. The number of carbonyl (C=O) groups excluding carboxylic acids is 1. The third-order valence-corrected chi connectivity index (χ3v) is 7.12. The Kier molecular flexibility index (Phi) is 6.95. The van der Waals surface area contributed by atoms with Gasteiger partial charge in [-0.05, 0) is 49.9 Å². The fourth-order valence-corrected chi connectivity index (χ4v) is 4.75. The SMILES string of the molecule is CC(CC(=O)NC(CN)C1CCCCC1)S(=O)(=O)c1ccc(F)cc1. The highest BCUT2D eigenvalue weighted by Crippen LogP contribution is 2.26. The van der Waals surface area contributed by atoms with Crippen LogP contribution in [0.15, 0.2) is 29.2 Å². The molecule has 0 spiro atoms. The highest BCUT2D eigenvalue weighted by molar-refractivity contribution is 7.92. The average molecular weight is 370 g/mol. The Morgan fingerprint density at radius 3 is 2.40 bits per heavy atom. The summed E-state index contributed by atoms with van der Waals surface area (Å²) in [6, 6.07) is 4.56. The van der Waals surface area contributed by atoms with E-state index in [1.165, 1.54) is 25.5 Å². The van der Waals surface area contributed by atoms with E-state index in [0.29, 0.717) is 12.5 Å². The molecule has 1 aliphatic rings. The van der Waals surface area contributed by atoms with Crippen molar-refractivity contribution >= 4 is 15.7 Å². The van der Waals surface area contributed by atoms with E-state index in [2.05, 4.69) is 5.32 Å². The van der Waals surface area contributed by atoms with E-state index >= 15 is 0 Å². The van der Waals surface area contributed by atoms with E-state index in [1.807, 2.05) is 0 Å². The number of nitrogens with one attached hydrogen (secondary N) is 1. The minimum absolute atomic E-state index is 0.0249. The van der Waals surface area contributed by atoms with E-state index in [4.69, 9.17) is 5.73 Å². The van der Waals surface area contributed by atoms with Crippen molar-refractivity contribution in [3.8, 4) is 0 Å². The first-order chi connectivity index (χ1) is 11.8. The lowest BCUT2D eigenvalue weighted by Gasteiger charge is -2.30. The second-order valence-electron chi connectivity index (χ2n) is 6.82. The van der Waals surface area contributed by atoms with Crippen LogP contribution in [0, 0.1) is 11.7 Å². The molecule has 0 radical (unpaired) electrons. The van der Waals surface area contributed by atoms with Gasteiger partial charge >= 0.3 is 0 Å². The standard InChI is InChI=1S/C18H27FN2O3S/c1-13(25(23,24)16-9-7-15(19)8-10-16)11-18(22)21-17(12-20)14-5-3-2-4-6-14/h7-10,13-14,17H,2-6,11-12,20H2,1H3,(H,21,22). The first-order valence-corrected chi connectivity index (χ1v) is 10.4. The Morgan fingerprint density at radius 2 is 1.84 bits per heavy atom. The number of halogens is 1. The molecular weight excluding hydrogens is 343 g/mol. The summed E-state index contributed by atoms with van der Waals surface area (Å²) in [5, 5.41) is 2.03. The van der Waals surface area contributed by atoms with Crippen LogP contribution in [-0.2, 0) is 14.6 Å². The Labute approximate surface area is 149 Å². The Bertz CT molecular complexity index is 670. The lowest BCUT2D eigenvalue weighted by atomic mass is 9.84. The van der Waals surface area contributed by atoms with Crippen LogP contribution in [-0.4, -0.2) is 32.2 Å². The van der Waals surface area contributed by atoms with E-state index < -0.39 is 20.9 Å². The third-order valence-electron chi connectivity index (χ3n) is 4.96. The average Bonchev–Trinajstić information content (AvgIpc) is 2.60. The molecule has 1 aliphatic carbocycles. The van der Waals surface area contributed by atoms with Gasteiger partial charge in [0.25, 0.3) is 0 Å². The number of hydrogen-bond acceptors (Lipinski definition) is 4. The number of sulfone groups is 1. The summed E-state index contributed by atoms with van der Waals surface area (Å²) in [6.07, 6.45) is 5.47. The molecule has 1 amide bonds. The molecule has 25 heavy (non-hydrogen) atoms. The molecule has 2 atom stereocenters. The number of rotatable bonds is 7. The van der Waals surface area contributed by atoms with E-state index in [-0.39, 0.29) is 23.3 Å². The number of hydrogen-bond donors (Lipinski definition) is 2. The van der Waals surface area contributed by atoms with Crippen molar-refractivity contribution in [1.29, 1.82) is 0 Å². The molecule has 0 bridgehead atoms. The van der Waals surface area contributed by atoms with Crippen LogP contribution in [0.4, 0.5) is 4.39 Å². The predicted molar refractivity (Wildman–Crippen MR) is 95.2 cm³/mol. The minimum Gasteiger partial charge on any atom is -0.352 e. The summed E-state index contributed by atoms with van der Waals surface area (Å²) < 4.78 is 38.0. The Morgan fingerprint density at radius 1 is 1.24 bits per heavy atom. The molecule has 3 N–H and O–H groups in total. The molecule has 1 aromatic rings. The zero-order chi connectivity index (χ0) is 18.4. The van der Waals surface area contributed by atoms with Crippen molar-refractivity contribution in [1.82, 2.24) is 5.32 Å². The van der Waals surface area contributed by atoms with Crippen LogP contribution in [0.3, 0.4) is 0 Å². The Balaban J connectivity index is 1.97. The number of carbonyl (C=O) groups is 1. The first kappa shape index (κ1) is 19.8. The smallest absolute Gasteiger partial charge is 0.221 e. The normalized spacial score (nSPS) is 18.5. The van der Waals surface area contributed by atoms with Gasteiger partial charge in [-0.15, -0.1) is 0 Å². The van der Waals surface area contributed by atoms with Crippen LogP contribution >= 0.6 is 0 Å². The summed E-state index contributed by atoms with van der Waals surface area (Å²) >= 11 is 0. The summed E-state index contributed by atoms with van der Waals surface area (Å²) in [5.74, 6) is -0.437. The van der Waals surface area contributed by atoms with Crippen LogP contribution in [0.2, 0.25) is 0 Å². The molecule has 5 nitrogen and oxygen atoms in total. The summed E-state index contributed by atoms with van der Waals surface area (Å²) in [6.45, 7) is 1.85. The largest absolute Gasteiger partial charge is 0.352 e. The molecule has 140 valence electrons. The van der Waals surface area contributed by atoms with Gasteiger partial charge in [0.15, 0.2) is 9.84 Å². The van der Waals surface area contributed by atoms with Gasteiger partial charge < -0.3 is 11.1 Å². The molecule has 1 saturated carbocycles. The summed E-state index contributed by atoms with van der Waals surface area (Å²) in [7, 11) is -3.68. The van der Waals surface area contributed by atoms with Crippen molar-refractivity contribution < 1.29 is 17.6 Å². The van der Waals surface area contributed by atoms with Crippen molar-refractivity contribution in [3.63, 3.8) is 0 Å². The summed E-state index contributed by atoms with van der Waals surface area (Å²) in [5.41, 5.74) is 5.81. The van der Waals surface area contributed by atoms with Gasteiger partial charge in [0.2, 0.25) is 5.91 Å². The third kappa shape index (κ3) is 5.25. The number of amides is 1. The van der Waals surface area contributed by atoms with Crippen molar-refractivity contribution in [2.75, 3.05) is 6.54 Å². The quantitative estimate of drug-likeness (QED) is 0.721. The summed E-state index contributed by atoms with van der Waals surface area (Å²) in [4.78, 5) is 12.3. The maximum Gasteiger partial charge on any atom is 0.221 e. The first-order valence-electron chi connectivity index (χ1n) is 8.83. The van der Waals surface area contributed by atoms with Gasteiger partial charge in [-0.25, -0.2) is 12.8 Å². The lowest BCUT2D eigenvalue weighted by Crippen LogP contribution is -2.46. The molecule has 1 aromatic carbocycles. The zero-order valence-corrected chi connectivity index (χ0v) is 15.4. The van der Waals surface area contributed by atoms with Gasteiger partial charge in [0.05, 0.1) is 10.1 Å². The molecule has 0 heterocycles. The fourth-order valence-electron chi connectivity index (χ4n) is 3.40. The highest BCUT2D eigenvalue weighted by Gasteiger charge is 2.28. The highest BCUT2D eigenvalue weighted by atomic mass is 32.2. The van der Waals surface area contributed by atoms with Gasteiger partial charge in [-0.1, -0.05) is 19.3 Å². The zero-order valence-electron chi connectivity index (χ0n) is 14.6. The van der Waals surface area contributed by atoms with Gasteiger partial charge in [-0.3, -0.25) is 4.79 Å². The van der Waals surface area contributed by atoms with Gasteiger partial charge in [0.1, 0.15) is 5.82 Å². The number of nitrogens with two attached hydrogens (primary N) is 1. The minimum atomic E-state index is -3.68. The molecule has 1 fully saturated rings. The topological polar surface area (TPSA) is 89.3 Å². The molecule has 0 aliphatic heterocycles. The monoisotopic (exact) mass is 370 g/mol. The molecule has 7 heteroatoms. The van der Waals surface area contributed by atoms with Gasteiger partial charge in [-0.2, -0.15) is 0 Å². The van der Waals surface area contributed by atoms with Crippen molar-refractivity contribution in [2.45, 2.75) is 61.6 Å². The maximum absolute atomic E-state index is 13.0. The van der Waals surface area contributed by atoms with E-state index in [1.54, 1.807) is 0 Å². The van der Waals surface area contributed by atoms with Gasteiger partial charge in [0, 0.05) is 19.0 Å². The van der Waals surface area contributed by atoms with E-state index in [0.717, 1.165) is 37.8 Å². The number of benzene rings is 1. The molecular formula is C18H27FN2O3S. The van der Waals surface area contributed by atoms with Crippen LogP contribution < -0.4 is 11.1 Å². The Hall–Kier alpha value is -1.47. The van der Waals surface area contributed by atoms with Crippen LogP contribution in [0.5, 0.6) is 0 Å². The van der Waals surface area contributed by atoms with Crippen LogP contribution in [0.1, 0.15) is 45.4 Å². The molecule has 2 unspecified atom stereocenters. The fraction of sp³-hybridized carbons (Fsp3) is 0.611.